The summed E-state index contributed by atoms with van der Waals surface area (Å²) in [5.41, 5.74) is 18.7. The van der Waals surface area contributed by atoms with Crippen molar-refractivity contribution >= 4 is 17.5 Å². The molecule has 404 valence electrons. The fourth-order valence-corrected chi connectivity index (χ4v) is 8.58. The molecule has 0 spiro atoms. The van der Waals surface area contributed by atoms with Crippen LogP contribution in [0.1, 0.15) is 145 Å². The average Bonchev–Trinajstić information content (AvgIpc) is 3.39. The maximum atomic E-state index is 11.5. The van der Waals surface area contributed by atoms with E-state index in [0.717, 1.165) is 84.9 Å². The molecule has 0 atom stereocenters. The van der Waals surface area contributed by atoms with Crippen LogP contribution >= 0.6 is 11.8 Å². The summed E-state index contributed by atoms with van der Waals surface area (Å²) < 4.78 is 10.6. The number of hydrogen-bond acceptors (Lipinski definition) is 8. The van der Waals surface area contributed by atoms with E-state index in [9.17, 15) is 4.79 Å². The number of carbonyl (C=O) groups excluding carboxylic acids is 1. The summed E-state index contributed by atoms with van der Waals surface area (Å²) in [4.78, 5) is 32.0. The minimum atomic E-state index is 0.0160. The van der Waals surface area contributed by atoms with Crippen LogP contribution < -0.4 is 9.47 Å². The summed E-state index contributed by atoms with van der Waals surface area (Å²) >= 11 is 1.77. The number of rotatable bonds is 8. The van der Waals surface area contributed by atoms with Gasteiger partial charge in [0.25, 0.3) is 0 Å². The molecule has 4 aromatic heterocycles. The molecule has 7 nitrogen and oxygen atoms in total. The maximum Gasteiger partial charge on any atom is 0.159 e. The number of pyridine rings is 4. The molecule has 8 aromatic rings. The molecule has 0 fully saturated rings. The van der Waals surface area contributed by atoms with E-state index in [1.165, 1.54) is 27.1 Å². The van der Waals surface area contributed by atoms with Crippen molar-refractivity contribution in [2.45, 2.75) is 144 Å². The van der Waals surface area contributed by atoms with Crippen LogP contribution in [-0.2, 0) is 21.7 Å². The lowest BCUT2D eigenvalue weighted by molar-refractivity contribution is 0.101. The van der Waals surface area contributed by atoms with Gasteiger partial charge in [-0.1, -0.05) is 138 Å². The second-order valence-electron chi connectivity index (χ2n) is 23.8. The van der Waals surface area contributed by atoms with E-state index < -0.39 is 0 Å². The van der Waals surface area contributed by atoms with Gasteiger partial charge in [-0.3, -0.25) is 24.7 Å². The molecule has 4 heterocycles. The molecular formula is C69H84N4O3S. The van der Waals surface area contributed by atoms with Gasteiger partial charge in [0.2, 0.25) is 0 Å². The predicted octanol–water partition coefficient (Wildman–Crippen LogP) is 18.4. The quantitative estimate of drug-likeness (QED) is 0.110. The van der Waals surface area contributed by atoms with Gasteiger partial charge in [-0.05, 0) is 154 Å². The SMILES string of the molecule is CC(=O)c1ccc(C)c(-c2cccc(C(C)(C)C)n2)c1.COc1ccc(C)c(-c2cccc(C(C)(C)C)n2)c1.COc1ccc(C)c(-c2cccc(C(C)(C)C)n2)c1.CSc1ccc(C)c(-c2cccc(C(C)(C)C)n2)c1. The standard InChI is InChI=1S/C18H21NO.2C17H21NO.C17H21NS/c1-12-9-10-14(13(2)20)11-15(12)16-7-6-8-17(19-16)18(3,4)5;3*1-12-9-10-13(19-5)11-14(12)15-7-6-8-16(18-15)17(2,3)4/h6-11H,1-5H3;3*6-11H,1-5H3. The maximum absolute atomic E-state index is 11.5. The summed E-state index contributed by atoms with van der Waals surface area (Å²) in [5, 5.41) is 0. The fourth-order valence-electron chi connectivity index (χ4n) is 8.14. The van der Waals surface area contributed by atoms with Gasteiger partial charge in [0.15, 0.2) is 5.78 Å². The van der Waals surface area contributed by atoms with Gasteiger partial charge in [-0.15, -0.1) is 11.8 Å². The molecule has 77 heavy (non-hydrogen) atoms. The Labute approximate surface area is 466 Å². The lowest BCUT2D eigenvalue weighted by Gasteiger charge is -2.19. The Morgan fingerprint density at radius 3 is 0.961 bits per heavy atom. The lowest BCUT2D eigenvalue weighted by atomic mass is 9.91. The second-order valence-corrected chi connectivity index (χ2v) is 24.6. The molecule has 0 bridgehead atoms. The molecule has 0 aliphatic carbocycles. The molecule has 0 amide bonds. The zero-order chi connectivity index (χ0) is 57.0. The summed E-state index contributed by atoms with van der Waals surface area (Å²) in [6.45, 7) is 36.1. The Hall–Kier alpha value is -6.90. The third kappa shape index (κ3) is 17.0. The van der Waals surface area contributed by atoms with Crippen molar-refractivity contribution in [2.75, 3.05) is 20.5 Å². The molecule has 0 radical (unpaired) electrons. The highest BCUT2D eigenvalue weighted by Crippen LogP contribution is 2.33. The molecule has 8 rings (SSSR count). The molecule has 0 saturated carbocycles. The number of ether oxygens (including phenoxy) is 2. The van der Waals surface area contributed by atoms with E-state index in [0.29, 0.717) is 0 Å². The van der Waals surface area contributed by atoms with Gasteiger partial charge in [0, 0.05) is 77.1 Å². The molecule has 0 aliphatic rings. The molecule has 0 unspecified atom stereocenters. The third-order valence-corrected chi connectivity index (χ3v) is 13.9. The van der Waals surface area contributed by atoms with Crippen LogP contribution in [0.5, 0.6) is 11.5 Å². The van der Waals surface area contributed by atoms with Crippen LogP contribution in [0, 0.1) is 27.7 Å². The molecule has 8 heteroatoms. The minimum absolute atomic E-state index is 0.0160. The number of methoxy groups -OCH3 is 2. The van der Waals surface area contributed by atoms with Crippen molar-refractivity contribution in [3.05, 3.63) is 196 Å². The van der Waals surface area contributed by atoms with E-state index in [2.05, 4.69) is 195 Å². The van der Waals surface area contributed by atoms with Crippen LogP contribution in [0.25, 0.3) is 45.0 Å². The molecule has 0 aliphatic heterocycles. The van der Waals surface area contributed by atoms with Crippen LogP contribution in [-0.4, -0.2) is 46.2 Å². The van der Waals surface area contributed by atoms with Crippen molar-refractivity contribution in [1.82, 2.24) is 19.9 Å². The first-order chi connectivity index (χ1) is 36.0. The Bertz CT molecular complexity index is 3020. The number of benzene rings is 4. The van der Waals surface area contributed by atoms with Crippen molar-refractivity contribution in [1.29, 1.82) is 0 Å². The largest absolute Gasteiger partial charge is 0.497 e. The normalized spacial score (nSPS) is 11.5. The predicted molar refractivity (Wildman–Crippen MR) is 327 cm³/mol. The van der Waals surface area contributed by atoms with E-state index in [4.69, 9.17) is 29.4 Å². The second kappa shape index (κ2) is 26.0. The molecule has 0 saturated heterocycles. The Morgan fingerprint density at radius 2 is 0.675 bits per heavy atom. The summed E-state index contributed by atoms with van der Waals surface area (Å²) in [5.74, 6) is 1.81. The topological polar surface area (TPSA) is 87.1 Å². The van der Waals surface area contributed by atoms with Crippen molar-refractivity contribution in [3.63, 3.8) is 0 Å². The monoisotopic (exact) mass is 1050 g/mol. The number of thioether (sulfide) groups is 1. The lowest BCUT2D eigenvalue weighted by Crippen LogP contribution is -2.13. The highest BCUT2D eigenvalue weighted by molar-refractivity contribution is 7.98. The highest BCUT2D eigenvalue weighted by atomic mass is 32.2. The van der Waals surface area contributed by atoms with Gasteiger partial charge < -0.3 is 9.47 Å². The molecule has 0 N–H and O–H groups in total. The van der Waals surface area contributed by atoms with Crippen molar-refractivity contribution in [3.8, 4) is 56.5 Å². The van der Waals surface area contributed by atoms with E-state index >= 15 is 0 Å². The number of aromatic nitrogens is 4. The van der Waals surface area contributed by atoms with Crippen molar-refractivity contribution in [2.24, 2.45) is 0 Å². The number of hydrogen-bond donors (Lipinski definition) is 0. The highest BCUT2D eigenvalue weighted by Gasteiger charge is 2.20. The van der Waals surface area contributed by atoms with E-state index in [-0.39, 0.29) is 27.4 Å². The smallest absolute Gasteiger partial charge is 0.159 e. The summed E-state index contributed by atoms with van der Waals surface area (Å²) in [7, 11) is 3.38. The summed E-state index contributed by atoms with van der Waals surface area (Å²) in [6.07, 6.45) is 2.10. The number of aryl methyl sites for hydroxylation is 4. The van der Waals surface area contributed by atoms with Gasteiger partial charge >= 0.3 is 0 Å². The Morgan fingerprint density at radius 1 is 0.390 bits per heavy atom. The third-order valence-electron chi connectivity index (χ3n) is 13.2. The summed E-state index contributed by atoms with van der Waals surface area (Å²) in [6, 6.07) is 49.4. The minimum Gasteiger partial charge on any atom is -0.497 e. The molecule has 4 aromatic carbocycles. The fraction of sp³-hybridized carbons (Fsp3) is 0.348. The van der Waals surface area contributed by atoms with Gasteiger partial charge in [-0.2, -0.15) is 0 Å². The average molecular weight is 1050 g/mol. The first kappa shape index (κ1) is 61.0. The van der Waals surface area contributed by atoms with E-state index in [1.54, 1.807) is 32.9 Å². The zero-order valence-corrected chi connectivity index (χ0v) is 50.6. The van der Waals surface area contributed by atoms with Crippen LogP contribution in [0.4, 0.5) is 0 Å². The number of ketones is 1. The van der Waals surface area contributed by atoms with Crippen LogP contribution in [0.2, 0.25) is 0 Å². The van der Waals surface area contributed by atoms with Gasteiger partial charge in [0.1, 0.15) is 11.5 Å². The Balaban J connectivity index is 0.000000189. The van der Waals surface area contributed by atoms with Gasteiger partial charge in [-0.25, -0.2) is 0 Å². The number of Topliss-reactive ketones (excluding diaryl/α,β-unsaturated/α-hetero) is 1. The first-order valence-electron chi connectivity index (χ1n) is 26.5. The Kier molecular flexibility index (Phi) is 20.6. The van der Waals surface area contributed by atoms with Crippen molar-refractivity contribution < 1.29 is 14.3 Å². The van der Waals surface area contributed by atoms with Gasteiger partial charge in [0.05, 0.1) is 37.0 Å². The zero-order valence-electron chi connectivity index (χ0n) is 49.8. The number of carbonyl (C=O) groups is 1. The number of nitrogens with zero attached hydrogens (tertiary/aromatic N) is 4. The molecular weight excluding hydrogens is 965 g/mol. The van der Waals surface area contributed by atoms with E-state index in [1.807, 2.05) is 67.6 Å². The first-order valence-corrected chi connectivity index (χ1v) is 27.7. The van der Waals surface area contributed by atoms with Crippen LogP contribution in [0.3, 0.4) is 0 Å². The van der Waals surface area contributed by atoms with Crippen LogP contribution in [0.15, 0.2) is 150 Å².